The lowest BCUT2D eigenvalue weighted by Gasteiger charge is -2.34. The average Bonchev–Trinajstić information content (AvgIpc) is 2.39. The predicted octanol–water partition coefficient (Wildman–Crippen LogP) is 0.912. The minimum absolute atomic E-state index is 0.245. The second-order valence-electron chi connectivity index (χ2n) is 4.56. The monoisotopic (exact) mass is 231 g/mol. The Bertz CT molecular complexity index is 415. The van der Waals surface area contributed by atoms with Crippen molar-refractivity contribution < 1.29 is 0 Å². The highest BCUT2D eigenvalue weighted by Crippen LogP contribution is 2.24. The molecule has 1 fully saturated rings. The van der Waals surface area contributed by atoms with Gasteiger partial charge in [0.15, 0.2) is 5.82 Å². The van der Waals surface area contributed by atoms with E-state index in [-0.39, 0.29) is 6.04 Å². The van der Waals surface area contributed by atoms with Crippen molar-refractivity contribution in [2.45, 2.75) is 25.8 Å². The van der Waals surface area contributed by atoms with Gasteiger partial charge in [0.1, 0.15) is 6.07 Å². The number of nitriles is 1. The molecule has 2 rings (SSSR count). The Kier molecular flexibility index (Phi) is 3.55. The van der Waals surface area contributed by atoms with E-state index in [9.17, 15) is 0 Å². The Balaban J connectivity index is 2.08. The maximum Gasteiger partial charge on any atom is 0.169 e. The van der Waals surface area contributed by atoms with Crippen LogP contribution in [0.25, 0.3) is 0 Å². The fourth-order valence-corrected chi connectivity index (χ4v) is 2.28. The van der Waals surface area contributed by atoms with Crippen LogP contribution in [0.1, 0.15) is 25.3 Å². The normalized spacial score (nSPS) is 18.8. The summed E-state index contributed by atoms with van der Waals surface area (Å²) >= 11 is 0. The number of piperidine rings is 1. The summed E-state index contributed by atoms with van der Waals surface area (Å²) in [5.41, 5.74) is 6.51. The van der Waals surface area contributed by atoms with Crippen LogP contribution in [0.3, 0.4) is 0 Å². The molecular formula is C12H17N5. The van der Waals surface area contributed by atoms with Gasteiger partial charge in [-0.05, 0) is 31.7 Å². The van der Waals surface area contributed by atoms with Gasteiger partial charge in [-0.25, -0.2) is 0 Å². The fraction of sp³-hybridized carbons (Fsp3) is 0.583. The van der Waals surface area contributed by atoms with Gasteiger partial charge in [-0.3, -0.25) is 0 Å². The average molecular weight is 231 g/mol. The van der Waals surface area contributed by atoms with Gasteiger partial charge in [0.2, 0.25) is 0 Å². The summed E-state index contributed by atoms with van der Waals surface area (Å²) in [6.07, 6.45) is 3.66. The van der Waals surface area contributed by atoms with Gasteiger partial charge < -0.3 is 10.6 Å². The Hall–Kier alpha value is -1.67. The van der Waals surface area contributed by atoms with Crippen molar-refractivity contribution in [1.82, 2.24) is 10.2 Å². The van der Waals surface area contributed by atoms with Gasteiger partial charge in [0.25, 0.3) is 0 Å². The molecule has 2 heterocycles. The standard InChI is InChI=1S/C12H17N5/c1-9(14)10-3-6-17(7-4-10)12-11(8-13)2-5-15-16-12/h2,5,9-10H,3-4,6-7,14H2,1H3. The summed E-state index contributed by atoms with van der Waals surface area (Å²) in [6.45, 7) is 3.86. The summed E-state index contributed by atoms with van der Waals surface area (Å²) < 4.78 is 0. The van der Waals surface area contributed by atoms with Crippen LogP contribution in [0.5, 0.6) is 0 Å². The molecule has 5 nitrogen and oxygen atoms in total. The number of hydrogen-bond donors (Lipinski definition) is 1. The second-order valence-corrected chi connectivity index (χ2v) is 4.56. The first kappa shape index (κ1) is 11.8. The van der Waals surface area contributed by atoms with Crippen LogP contribution in [-0.4, -0.2) is 29.3 Å². The SMILES string of the molecule is CC(N)C1CCN(c2nnccc2C#N)CC1. The lowest BCUT2D eigenvalue weighted by Crippen LogP contribution is -2.40. The van der Waals surface area contributed by atoms with Crippen LogP contribution in [0.4, 0.5) is 5.82 Å². The Morgan fingerprint density at radius 2 is 2.24 bits per heavy atom. The largest absolute Gasteiger partial charge is 0.354 e. The molecular weight excluding hydrogens is 214 g/mol. The van der Waals surface area contributed by atoms with Gasteiger partial charge in [0.05, 0.1) is 11.8 Å². The number of hydrogen-bond acceptors (Lipinski definition) is 5. The molecule has 1 unspecified atom stereocenters. The first-order valence-electron chi connectivity index (χ1n) is 5.94. The number of nitrogens with zero attached hydrogens (tertiary/aromatic N) is 4. The van der Waals surface area contributed by atoms with Crippen LogP contribution >= 0.6 is 0 Å². The molecule has 5 heteroatoms. The van der Waals surface area contributed by atoms with Gasteiger partial charge in [-0.1, -0.05) is 0 Å². The van der Waals surface area contributed by atoms with E-state index < -0.39 is 0 Å². The van der Waals surface area contributed by atoms with Crippen molar-refractivity contribution in [3.8, 4) is 6.07 Å². The molecule has 0 aromatic carbocycles. The van der Waals surface area contributed by atoms with Crippen molar-refractivity contribution in [3.05, 3.63) is 17.8 Å². The van der Waals surface area contributed by atoms with Crippen LogP contribution in [0.15, 0.2) is 12.3 Å². The highest BCUT2D eigenvalue weighted by molar-refractivity contribution is 5.52. The lowest BCUT2D eigenvalue weighted by molar-refractivity contribution is 0.353. The molecule has 1 aromatic heterocycles. The van der Waals surface area contributed by atoms with E-state index >= 15 is 0 Å². The van der Waals surface area contributed by atoms with E-state index in [2.05, 4.69) is 28.1 Å². The third kappa shape index (κ3) is 2.53. The third-order valence-corrected chi connectivity index (χ3v) is 3.40. The maximum atomic E-state index is 9.02. The number of nitrogens with two attached hydrogens (primary N) is 1. The maximum absolute atomic E-state index is 9.02. The quantitative estimate of drug-likeness (QED) is 0.818. The number of aromatic nitrogens is 2. The van der Waals surface area contributed by atoms with E-state index in [0.29, 0.717) is 17.3 Å². The first-order valence-corrected chi connectivity index (χ1v) is 5.94. The van der Waals surface area contributed by atoms with Crippen molar-refractivity contribution in [1.29, 1.82) is 5.26 Å². The Morgan fingerprint density at radius 3 is 2.82 bits per heavy atom. The number of rotatable bonds is 2. The summed E-state index contributed by atoms with van der Waals surface area (Å²) in [5, 5.41) is 16.9. The molecule has 0 radical (unpaired) electrons. The highest BCUT2D eigenvalue weighted by atomic mass is 15.3. The zero-order valence-corrected chi connectivity index (χ0v) is 10.0. The second kappa shape index (κ2) is 5.11. The molecule has 1 aliphatic heterocycles. The van der Waals surface area contributed by atoms with Gasteiger partial charge in [-0.2, -0.15) is 10.4 Å². The predicted molar refractivity (Wildman–Crippen MR) is 65.3 cm³/mol. The minimum atomic E-state index is 0.245. The molecule has 1 aromatic rings. The molecule has 2 N–H and O–H groups in total. The molecule has 0 amide bonds. The van der Waals surface area contributed by atoms with Crippen molar-refractivity contribution in [2.75, 3.05) is 18.0 Å². The molecule has 0 saturated carbocycles. The molecule has 0 bridgehead atoms. The molecule has 1 aliphatic rings. The number of anilines is 1. The zero-order valence-electron chi connectivity index (χ0n) is 10.0. The molecule has 0 spiro atoms. The highest BCUT2D eigenvalue weighted by Gasteiger charge is 2.24. The molecule has 0 aliphatic carbocycles. The zero-order chi connectivity index (χ0) is 12.3. The van der Waals surface area contributed by atoms with E-state index in [1.807, 2.05) is 0 Å². The van der Waals surface area contributed by atoms with E-state index in [1.54, 1.807) is 12.3 Å². The molecule has 90 valence electrons. The van der Waals surface area contributed by atoms with Crippen molar-refractivity contribution in [2.24, 2.45) is 11.7 Å². The molecule has 1 atom stereocenters. The van der Waals surface area contributed by atoms with Crippen LogP contribution in [0.2, 0.25) is 0 Å². The van der Waals surface area contributed by atoms with Crippen LogP contribution in [0, 0.1) is 17.2 Å². The summed E-state index contributed by atoms with van der Waals surface area (Å²) in [6, 6.07) is 4.11. The topological polar surface area (TPSA) is 78.8 Å². The first-order chi connectivity index (χ1) is 8.22. The third-order valence-electron chi connectivity index (χ3n) is 3.40. The smallest absolute Gasteiger partial charge is 0.169 e. The molecule has 1 saturated heterocycles. The van der Waals surface area contributed by atoms with Crippen molar-refractivity contribution in [3.63, 3.8) is 0 Å². The van der Waals surface area contributed by atoms with Gasteiger partial charge in [-0.15, -0.1) is 5.10 Å². The fourth-order valence-electron chi connectivity index (χ4n) is 2.28. The summed E-state index contributed by atoms with van der Waals surface area (Å²) in [4.78, 5) is 2.13. The van der Waals surface area contributed by atoms with Gasteiger partial charge >= 0.3 is 0 Å². The minimum Gasteiger partial charge on any atom is -0.354 e. The molecule has 17 heavy (non-hydrogen) atoms. The lowest BCUT2D eigenvalue weighted by atomic mass is 9.91. The van der Waals surface area contributed by atoms with E-state index in [1.165, 1.54) is 0 Å². The van der Waals surface area contributed by atoms with Crippen LogP contribution in [-0.2, 0) is 0 Å². The summed E-state index contributed by atoms with van der Waals surface area (Å²) in [7, 11) is 0. The van der Waals surface area contributed by atoms with Gasteiger partial charge in [0, 0.05) is 19.1 Å². The van der Waals surface area contributed by atoms with E-state index in [4.69, 9.17) is 11.0 Å². The Morgan fingerprint density at radius 1 is 1.53 bits per heavy atom. The Labute approximate surface area is 101 Å². The van der Waals surface area contributed by atoms with Crippen LogP contribution < -0.4 is 10.6 Å². The summed E-state index contributed by atoms with van der Waals surface area (Å²) in [5.74, 6) is 1.28. The van der Waals surface area contributed by atoms with E-state index in [0.717, 1.165) is 25.9 Å². The van der Waals surface area contributed by atoms with Crippen molar-refractivity contribution >= 4 is 5.82 Å².